The number of ether oxygens (including phenoxy) is 1. The highest BCUT2D eigenvalue weighted by atomic mass is 127. The molecule has 0 radical (unpaired) electrons. The fourth-order valence-corrected chi connectivity index (χ4v) is 4.14. The second-order valence-corrected chi connectivity index (χ2v) is 7.16. The minimum absolute atomic E-state index is 0.102. The largest absolute Gasteiger partial charge is 0.370 e. The number of halogens is 2. The van der Waals surface area contributed by atoms with Crippen molar-refractivity contribution in [2.24, 2.45) is 5.92 Å². The molecule has 0 amide bonds. The molecule has 0 spiro atoms. The van der Waals surface area contributed by atoms with Crippen molar-refractivity contribution >= 4 is 34.2 Å². The van der Waals surface area contributed by atoms with Crippen LogP contribution in [0.15, 0.2) is 24.3 Å². The van der Waals surface area contributed by atoms with E-state index in [1.54, 1.807) is 0 Å². The quantitative estimate of drug-likeness (QED) is 0.414. The molecule has 0 aromatic heterocycles. The van der Waals surface area contributed by atoms with Gasteiger partial charge >= 0.3 is 0 Å². The summed E-state index contributed by atoms with van der Waals surface area (Å²) in [6, 6.07) is 8.00. The minimum atomic E-state index is 0.102. The lowest BCUT2D eigenvalue weighted by Gasteiger charge is -2.39. The molecule has 0 atom stereocenters. The maximum atomic E-state index is 6.32. The van der Waals surface area contributed by atoms with Gasteiger partial charge in [-0.15, -0.1) is 0 Å². The highest BCUT2D eigenvalue weighted by Crippen LogP contribution is 2.38. The number of rotatable bonds is 6. The van der Waals surface area contributed by atoms with Gasteiger partial charge in [0.2, 0.25) is 0 Å². The van der Waals surface area contributed by atoms with E-state index in [1.165, 1.54) is 44.1 Å². The molecule has 2 rings (SSSR count). The van der Waals surface area contributed by atoms with Gasteiger partial charge in [-0.1, -0.05) is 66.1 Å². The lowest BCUT2D eigenvalue weighted by atomic mass is 9.78. The van der Waals surface area contributed by atoms with Gasteiger partial charge in [0, 0.05) is 9.45 Å². The Kier molecular flexibility index (Phi) is 6.63. The zero-order valence-electron chi connectivity index (χ0n) is 12.2. The first-order valence-corrected chi connectivity index (χ1v) is 9.52. The van der Waals surface area contributed by atoms with E-state index < -0.39 is 0 Å². The molecule has 1 aliphatic carbocycles. The Balaban J connectivity index is 1.87. The summed E-state index contributed by atoms with van der Waals surface area (Å²) in [5.74, 6) is 0.926. The Morgan fingerprint density at radius 2 is 1.90 bits per heavy atom. The summed E-state index contributed by atoms with van der Waals surface area (Å²) in [6.07, 6.45) is 7.79. The zero-order chi connectivity index (χ0) is 14.4. The molecule has 1 fully saturated rings. The van der Waals surface area contributed by atoms with Gasteiger partial charge in [0.05, 0.1) is 12.2 Å². The van der Waals surface area contributed by atoms with Crippen molar-refractivity contribution in [3.8, 4) is 0 Å². The van der Waals surface area contributed by atoms with Crippen molar-refractivity contribution in [1.29, 1.82) is 0 Å². The maximum Gasteiger partial charge on any atom is 0.0776 e. The third kappa shape index (κ3) is 4.60. The molecule has 3 heteroatoms. The van der Waals surface area contributed by atoms with Gasteiger partial charge in [0.25, 0.3) is 0 Å². The smallest absolute Gasteiger partial charge is 0.0776 e. The molecule has 0 unspecified atom stereocenters. The molecule has 0 saturated heterocycles. The highest BCUT2D eigenvalue weighted by Gasteiger charge is 2.34. The molecule has 0 aliphatic heterocycles. The minimum Gasteiger partial charge on any atom is -0.370 e. The molecule has 1 nitrogen and oxygen atoms in total. The van der Waals surface area contributed by atoms with Crippen LogP contribution in [0.1, 0.15) is 51.0 Å². The molecule has 112 valence electrons. The molecule has 1 aliphatic rings. The first-order valence-electron chi connectivity index (χ1n) is 7.62. The summed E-state index contributed by atoms with van der Waals surface area (Å²) in [5, 5.41) is 0.789. The second kappa shape index (κ2) is 8.00. The molecule has 1 aromatic rings. The van der Waals surface area contributed by atoms with Crippen molar-refractivity contribution in [3.63, 3.8) is 0 Å². The van der Waals surface area contributed by atoms with Crippen LogP contribution in [0, 0.1) is 5.92 Å². The molecular formula is C17H24ClIO. The van der Waals surface area contributed by atoms with E-state index in [1.807, 2.05) is 12.1 Å². The van der Waals surface area contributed by atoms with Gasteiger partial charge in [0.1, 0.15) is 0 Å². The topological polar surface area (TPSA) is 9.23 Å². The summed E-state index contributed by atoms with van der Waals surface area (Å²) >= 11 is 8.41. The first kappa shape index (κ1) is 16.6. The van der Waals surface area contributed by atoms with Gasteiger partial charge in [-0.25, -0.2) is 0 Å². The standard InChI is InChI=1S/C17H24ClIO/c1-2-3-14-8-10-17(13-19,11-9-14)20-12-15-4-6-16(18)7-5-15/h4-7,14H,2-3,8-13H2,1H3. The van der Waals surface area contributed by atoms with Crippen LogP contribution in [0.5, 0.6) is 0 Å². The average molecular weight is 407 g/mol. The number of alkyl halides is 1. The van der Waals surface area contributed by atoms with E-state index in [0.29, 0.717) is 6.61 Å². The van der Waals surface area contributed by atoms with E-state index in [9.17, 15) is 0 Å². The molecule has 0 bridgehead atoms. The fourth-order valence-electron chi connectivity index (χ4n) is 3.03. The van der Waals surface area contributed by atoms with Crippen molar-refractivity contribution in [1.82, 2.24) is 0 Å². The van der Waals surface area contributed by atoms with Crippen molar-refractivity contribution in [2.45, 2.75) is 57.7 Å². The van der Waals surface area contributed by atoms with Gasteiger partial charge in [-0.2, -0.15) is 0 Å². The Morgan fingerprint density at radius 1 is 1.25 bits per heavy atom. The maximum absolute atomic E-state index is 6.32. The Morgan fingerprint density at radius 3 is 2.45 bits per heavy atom. The SMILES string of the molecule is CCCC1CCC(CI)(OCc2ccc(Cl)cc2)CC1. The summed E-state index contributed by atoms with van der Waals surface area (Å²) in [7, 11) is 0. The van der Waals surface area contributed by atoms with Crippen LogP contribution in [0.3, 0.4) is 0 Å². The molecule has 1 saturated carbocycles. The number of hydrogen-bond acceptors (Lipinski definition) is 1. The zero-order valence-corrected chi connectivity index (χ0v) is 15.1. The van der Waals surface area contributed by atoms with E-state index in [4.69, 9.17) is 16.3 Å². The van der Waals surface area contributed by atoms with E-state index >= 15 is 0 Å². The van der Waals surface area contributed by atoms with Gasteiger partial charge < -0.3 is 4.74 Å². The Labute approximate surface area is 141 Å². The van der Waals surface area contributed by atoms with Gasteiger partial charge in [-0.05, 0) is 49.3 Å². The molecular weight excluding hydrogens is 383 g/mol. The van der Waals surface area contributed by atoms with Crippen LogP contribution in [-0.2, 0) is 11.3 Å². The van der Waals surface area contributed by atoms with Crippen LogP contribution in [0.2, 0.25) is 5.02 Å². The van der Waals surface area contributed by atoms with E-state index in [2.05, 4.69) is 41.6 Å². The second-order valence-electron chi connectivity index (χ2n) is 5.96. The van der Waals surface area contributed by atoms with Crippen LogP contribution in [0.4, 0.5) is 0 Å². The average Bonchev–Trinajstić information content (AvgIpc) is 2.49. The lowest BCUT2D eigenvalue weighted by Crippen LogP contribution is -2.38. The predicted octanol–water partition coefficient (Wildman–Crippen LogP) is 6.02. The van der Waals surface area contributed by atoms with Crippen LogP contribution in [0.25, 0.3) is 0 Å². The first-order chi connectivity index (χ1) is 9.67. The van der Waals surface area contributed by atoms with Crippen molar-refractivity contribution in [3.05, 3.63) is 34.9 Å². The monoisotopic (exact) mass is 406 g/mol. The van der Waals surface area contributed by atoms with Crippen LogP contribution < -0.4 is 0 Å². The third-order valence-electron chi connectivity index (χ3n) is 4.42. The fraction of sp³-hybridized carbons (Fsp3) is 0.647. The van der Waals surface area contributed by atoms with Crippen molar-refractivity contribution < 1.29 is 4.74 Å². The summed E-state index contributed by atoms with van der Waals surface area (Å²) in [5.41, 5.74) is 1.32. The van der Waals surface area contributed by atoms with E-state index in [0.717, 1.165) is 15.4 Å². The van der Waals surface area contributed by atoms with Crippen LogP contribution >= 0.6 is 34.2 Å². The predicted molar refractivity (Wildman–Crippen MR) is 94.7 cm³/mol. The molecule has 1 aromatic carbocycles. The van der Waals surface area contributed by atoms with Gasteiger partial charge in [-0.3, -0.25) is 0 Å². The molecule has 0 heterocycles. The number of benzene rings is 1. The lowest BCUT2D eigenvalue weighted by molar-refractivity contribution is -0.0693. The summed E-state index contributed by atoms with van der Waals surface area (Å²) in [6.45, 7) is 3.00. The normalized spacial score (nSPS) is 26.6. The van der Waals surface area contributed by atoms with Gasteiger partial charge in [0.15, 0.2) is 0 Å². The molecule has 0 N–H and O–H groups in total. The number of hydrogen-bond donors (Lipinski definition) is 0. The Bertz CT molecular complexity index is 396. The van der Waals surface area contributed by atoms with E-state index in [-0.39, 0.29) is 5.60 Å². The highest BCUT2D eigenvalue weighted by molar-refractivity contribution is 14.1. The summed E-state index contributed by atoms with van der Waals surface area (Å²) < 4.78 is 7.42. The third-order valence-corrected chi connectivity index (χ3v) is 6.06. The summed E-state index contributed by atoms with van der Waals surface area (Å²) in [4.78, 5) is 0. The molecule has 20 heavy (non-hydrogen) atoms. The van der Waals surface area contributed by atoms with Crippen molar-refractivity contribution in [2.75, 3.05) is 4.43 Å². The van der Waals surface area contributed by atoms with Crippen LogP contribution in [-0.4, -0.2) is 10.0 Å². The Hall–Kier alpha value is 0.200.